The summed E-state index contributed by atoms with van der Waals surface area (Å²) in [5.41, 5.74) is -0.119. The fourth-order valence-corrected chi connectivity index (χ4v) is 1.42. The predicted octanol–water partition coefficient (Wildman–Crippen LogP) is 1.44. The van der Waals surface area contributed by atoms with Crippen molar-refractivity contribution in [2.75, 3.05) is 38.7 Å². The Morgan fingerprint density at radius 1 is 1.42 bits per heavy atom. The standard InChI is InChI=1S/C12H16F2N2O3/c1-19-7-5-16(4-6-17)12(18)15-11-3-2-9(13)8-10(11)14/h2-3,8,17H,4-7H2,1H3,(H,15,18). The van der Waals surface area contributed by atoms with Gasteiger partial charge in [-0.2, -0.15) is 0 Å². The van der Waals surface area contributed by atoms with Gasteiger partial charge in [-0.1, -0.05) is 0 Å². The Labute approximate surface area is 109 Å². The van der Waals surface area contributed by atoms with Crippen LogP contribution in [0.15, 0.2) is 18.2 Å². The highest BCUT2D eigenvalue weighted by molar-refractivity contribution is 5.89. The van der Waals surface area contributed by atoms with Crippen molar-refractivity contribution in [3.8, 4) is 0 Å². The molecule has 0 unspecified atom stereocenters. The van der Waals surface area contributed by atoms with Crippen LogP contribution in [-0.2, 0) is 4.74 Å². The van der Waals surface area contributed by atoms with E-state index in [0.717, 1.165) is 12.1 Å². The van der Waals surface area contributed by atoms with Gasteiger partial charge in [0, 0.05) is 26.3 Å². The summed E-state index contributed by atoms with van der Waals surface area (Å²) in [6.45, 7) is 0.423. The number of rotatable bonds is 6. The molecule has 19 heavy (non-hydrogen) atoms. The van der Waals surface area contributed by atoms with E-state index >= 15 is 0 Å². The van der Waals surface area contributed by atoms with Gasteiger partial charge in [0.15, 0.2) is 0 Å². The molecule has 0 aliphatic rings. The Bertz CT molecular complexity index is 429. The SMILES string of the molecule is COCCN(CCO)C(=O)Nc1ccc(F)cc1F. The number of nitrogens with one attached hydrogen (secondary N) is 1. The summed E-state index contributed by atoms with van der Waals surface area (Å²) in [5.74, 6) is -1.58. The molecular weight excluding hydrogens is 258 g/mol. The summed E-state index contributed by atoms with van der Waals surface area (Å²) in [5, 5.41) is 11.2. The zero-order chi connectivity index (χ0) is 14.3. The largest absolute Gasteiger partial charge is 0.395 e. The maximum atomic E-state index is 13.4. The molecule has 0 radical (unpaired) electrons. The average molecular weight is 274 g/mol. The molecular formula is C12H16F2N2O3. The van der Waals surface area contributed by atoms with E-state index in [4.69, 9.17) is 9.84 Å². The van der Waals surface area contributed by atoms with Crippen molar-refractivity contribution in [2.45, 2.75) is 0 Å². The van der Waals surface area contributed by atoms with Crippen LogP contribution in [0.25, 0.3) is 0 Å². The first-order valence-corrected chi connectivity index (χ1v) is 5.69. The van der Waals surface area contributed by atoms with Crippen molar-refractivity contribution in [1.82, 2.24) is 4.90 Å². The highest BCUT2D eigenvalue weighted by atomic mass is 19.1. The lowest BCUT2D eigenvalue weighted by Gasteiger charge is -2.21. The molecule has 1 aromatic rings. The molecule has 0 heterocycles. The van der Waals surface area contributed by atoms with Crippen molar-refractivity contribution in [2.24, 2.45) is 0 Å². The number of amides is 2. The summed E-state index contributed by atoms with van der Waals surface area (Å²) in [7, 11) is 1.48. The second-order valence-electron chi connectivity index (χ2n) is 3.76. The lowest BCUT2D eigenvalue weighted by molar-refractivity contribution is 0.142. The van der Waals surface area contributed by atoms with E-state index in [-0.39, 0.29) is 25.4 Å². The molecule has 0 aromatic heterocycles. The van der Waals surface area contributed by atoms with Crippen LogP contribution >= 0.6 is 0 Å². The molecule has 106 valence electrons. The van der Waals surface area contributed by atoms with Crippen LogP contribution in [-0.4, -0.2) is 49.5 Å². The van der Waals surface area contributed by atoms with Crippen LogP contribution < -0.4 is 5.32 Å². The first-order chi connectivity index (χ1) is 9.08. The molecule has 0 aliphatic carbocycles. The van der Waals surface area contributed by atoms with E-state index < -0.39 is 17.7 Å². The number of anilines is 1. The van der Waals surface area contributed by atoms with Crippen LogP contribution in [0.4, 0.5) is 19.3 Å². The third-order valence-corrected chi connectivity index (χ3v) is 2.40. The zero-order valence-electron chi connectivity index (χ0n) is 10.5. The number of aliphatic hydroxyl groups is 1. The van der Waals surface area contributed by atoms with Gasteiger partial charge in [-0.05, 0) is 12.1 Å². The maximum Gasteiger partial charge on any atom is 0.322 e. The van der Waals surface area contributed by atoms with Gasteiger partial charge in [-0.3, -0.25) is 0 Å². The Morgan fingerprint density at radius 3 is 2.74 bits per heavy atom. The van der Waals surface area contributed by atoms with Crippen LogP contribution in [0.2, 0.25) is 0 Å². The van der Waals surface area contributed by atoms with Crippen LogP contribution in [0.3, 0.4) is 0 Å². The number of urea groups is 1. The minimum atomic E-state index is -0.857. The number of carbonyl (C=O) groups excluding carboxylic acids is 1. The molecule has 1 rings (SSSR count). The van der Waals surface area contributed by atoms with E-state index in [2.05, 4.69) is 5.32 Å². The highest BCUT2D eigenvalue weighted by Gasteiger charge is 2.14. The van der Waals surface area contributed by atoms with E-state index in [1.54, 1.807) is 0 Å². The Hall–Kier alpha value is -1.73. The van der Waals surface area contributed by atoms with Crippen LogP contribution in [0.5, 0.6) is 0 Å². The van der Waals surface area contributed by atoms with Gasteiger partial charge < -0.3 is 20.1 Å². The zero-order valence-corrected chi connectivity index (χ0v) is 10.5. The Kier molecular flexibility index (Phi) is 6.17. The summed E-state index contributed by atoms with van der Waals surface area (Å²) in [6, 6.07) is 2.28. The van der Waals surface area contributed by atoms with Crippen molar-refractivity contribution in [1.29, 1.82) is 0 Å². The molecule has 0 saturated carbocycles. The minimum Gasteiger partial charge on any atom is -0.395 e. The van der Waals surface area contributed by atoms with Gasteiger partial charge in [-0.15, -0.1) is 0 Å². The van der Waals surface area contributed by atoms with Gasteiger partial charge >= 0.3 is 6.03 Å². The second-order valence-corrected chi connectivity index (χ2v) is 3.76. The van der Waals surface area contributed by atoms with Crippen LogP contribution in [0.1, 0.15) is 0 Å². The van der Waals surface area contributed by atoms with Gasteiger partial charge in [0.25, 0.3) is 0 Å². The van der Waals surface area contributed by atoms with E-state index in [1.807, 2.05) is 0 Å². The molecule has 0 fully saturated rings. The average Bonchev–Trinajstić information content (AvgIpc) is 2.37. The number of hydrogen-bond acceptors (Lipinski definition) is 3. The van der Waals surface area contributed by atoms with Gasteiger partial charge in [0.2, 0.25) is 0 Å². The number of aliphatic hydroxyl groups excluding tert-OH is 1. The van der Waals surface area contributed by atoms with Crippen LogP contribution in [0, 0.1) is 11.6 Å². The normalized spacial score (nSPS) is 10.3. The fraction of sp³-hybridized carbons (Fsp3) is 0.417. The number of hydrogen-bond donors (Lipinski definition) is 2. The topological polar surface area (TPSA) is 61.8 Å². The van der Waals surface area contributed by atoms with Gasteiger partial charge in [-0.25, -0.2) is 13.6 Å². The first kappa shape index (κ1) is 15.3. The lowest BCUT2D eigenvalue weighted by Crippen LogP contribution is -2.39. The number of methoxy groups -OCH3 is 1. The maximum absolute atomic E-state index is 13.4. The van der Waals surface area contributed by atoms with Gasteiger partial charge in [0.1, 0.15) is 11.6 Å². The number of nitrogens with zero attached hydrogens (tertiary/aromatic N) is 1. The van der Waals surface area contributed by atoms with Crippen molar-refractivity contribution in [3.63, 3.8) is 0 Å². The highest BCUT2D eigenvalue weighted by Crippen LogP contribution is 2.15. The molecule has 1 aromatic carbocycles. The minimum absolute atomic E-state index is 0.0952. The molecule has 0 atom stereocenters. The van der Waals surface area contributed by atoms with E-state index in [0.29, 0.717) is 12.7 Å². The summed E-state index contributed by atoms with van der Waals surface area (Å²) in [4.78, 5) is 13.1. The first-order valence-electron chi connectivity index (χ1n) is 5.69. The predicted molar refractivity (Wildman–Crippen MR) is 65.9 cm³/mol. The monoisotopic (exact) mass is 274 g/mol. The molecule has 0 saturated heterocycles. The number of ether oxygens (including phenoxy) is 1. The number of halogens is 2. The van der Waals surface area contributed by atoms with Crippen molar-refractivity contribution in [3.05, 3.63) is 29.8 Å². The Morgan fingerprint density at radius 2 is 2.16 bits per heavy atom. The molecule has 5 nitrogen and oxygen atoms in total. The smallest absolute Gasteiger partial charge is 0.322 e. The number of benzene rings is 1. The third kappa shape index (κ3) is 4.80. The van der Waals surface area contributed by atoms with E-state index in [1.165, 1.54) is 12.0 Å². The lowest BCUT2D eigenvalue weighted by atomic mass is 10.3. The van der Waals surface area contributed by atoms with Crippen molar-refractivity contribution < 1.29 is 23.4 Å². The molecule has 0 spiro atoms. The summed E-state index contributed by atoms with van der Waals surface area (Å²) >= 11 is 0. The summed E-state index contributed by atoms with van der Waals surface area (Å²) in [6.07, 6.45) is 0. The quantitative estimate of drug-likeness (QED) is 0.825. The molecule has 2 amide bonds. The van der Waals surface area contributed by atoms with Gasteiger partial charge in [0.05, 0.1) is 18.9 Å². The van der Waals surface area contributed by atoms with Crippen molar-refractivity contribution >= 4 is 11.7 Å². The Balaban J connectivity index is 2.69. The molecule has 2 N–H and O–H groups in total. The molecule has 0 aliphatic heterocycles. The summed E-state index contributed by atoms with van der Waals surface area (Å²) < 4.78 is 30.9. The third-order valence-electron chi connectivity index (χ3n) is 2.40. The second kappa shape index (κ2) is 7.65. The molecule has 0 bridgehead atoms. The number of carbonyl (C=O) groups is 1. The van der Waals surface area contributed by atoms with E-state index in [9.17, 15) is 13.6 Å². The molecule has 7 heteroatoms. The fourth-order valence-electron chi connectivity index (χ4n) is 1.42.